The minimum absolute atomic E-state index is 0.0384. The molecule has 140 valence electrons. The second-order valence-electron chi connectivity index (χ2n) is 7.87. The molecule has 0 saturated heterocycles. The van der Waals surface area contributed by atoms with Gasteiger partial charge in [0, 0.05) is 34.2 Å². The van der Waals surface area contributed by atoms with E-state index in [0.717, 1.165) is 5.70 Å². The van der Waals surface area contributed by atoms with Crippen LogP contribution in [0.1, 0.15) is 44.0 Å². The van der Waals surface area contributed by atoms with Crippen molar-refractivity contribution in [2.75, 3.05) is 5.75 Å². The Morgan fingerprint density at radius 2 is 2.00 bits per heavy atom. The number of halogens is 1. The summed E-state index contributed by atoms with van der Waals surface area (Å²) >= 11 is 7.16. The Balaban J connectivity index is 1.83. The molecule has 2 aliphatic rings. The van der Waals surface area contributed by atoms with Gasteiger partial charge in [0.25, 0.3) is 0 Å². The number of thioether (sulfide) groups is 1. The molecule has 2 atom stereocenters. The fourth-order valence-electron chi connectivity index (χ4n) is 3.65. The van der Waals surface area contributed by atoms with Crippen LogP contribution in [0.4, 0.5) is 0 Å². The molecule has 3 rings (SSSR count). The number of hydrogen-bond donors (Lipinski definition) is 0. The van der Waals surface area contributed by atoms with Gasteiger partial charge in [0.2, 0.25) is 0 Å². The number of nitriles is 1. The highest BCUT2D eigenvalue weighted by Gasteiger charge is 2.41. The van der Waals surface area contributed by atoms with Crippen LogP contribution in [0, 0.1) is 28.6 Å². The number of nitrogens with zero attached hydrogens (tertiary/aromatic N) is 2. The van der Waals surface area contributed by atoms with Crippen molar-refractivity contribution in [1.29, 1.82) is 5.26 Å². The molecule has 1 aliphatic carbocycles. The van der Waals surface area contributed by atoms with Crippen LogP contribution in [0.2, 0.25) is 5.02 Å². The lowest BCUT2D eigenvalue weighted by Crippen LogP contribution is -2.35. The molecule has 6 heteroatoms. The zero-order valence-corrected chi connectivity index (χ0v) is 17.2. The van der Waals surface area contributed by atoms with E-state index >= 15 is 0 Å². The lowest BCUT2D eigenvalue weighted by atomic mass is 9.70. The average Bonchev–Trinajstić information content (AvgIpc) is 2.58. The number of carbonyl (C=O) groups excluding carboxylic acids is 2. The zero-order chi connectivity index (χ0) is 19.8. The number of aliphatic imine (C=N–C) groups is 1. The van der Waals surface area contributed by atoms with Crippen LogP contribution in [0.3, 0.4) is 0 Å². The molecule has 0 N–H and O–H groups in total. The van der Waals surface area contributed by atoms with Crippen molar-refractivity contribution in [3.8, 4) is 6.07 Å². The standard InChI is InChI=1S/C21H21ClN2O2S/c1-12-15(10-23)20(24-16-8-21(2,3)9-17(25)19(12)16)27-11-18(26)13-4-6-14(22)7-5-13/h4-7,12,15H,8-9,11H2,1-3H3/t12-,15?/m0/s1. The van der Waals surface area contributed by atoms with E-state index in [1.54, 1.807) is 24.3 Å². The highest BCUT2D eigenvalue weighted by atomic mass is 35.5. The monoisotopic (exact) mass is 400 g/mol. The molecule has 1 aromatic carbocycles. The zero-order valence-electron chi connectivity index (χ0n) is 15.6. The summed E-state index contributed by atoms with van der Waals surface area (Å²) in [4.78, 5) is 29.7. The first-order valence-corrected chi connectivity index (χ1v) is 10.2. The van der Waals surface area contributed by atoms with Gasteiger partial charge in [0.05, 0.1) is 16.9 Å². The molecular weight excluding hydrogens is 380 g/mol. The van der Waals surface area contributed by atoms with Crippen molar-refractivity contribution in [3.63, 3.8) is 0 Å². The second kappa shape index (κ2) is 7.61. The summed E-state index contributed by atoms with van der Waals surface area (Å²) in [5, 5.41) is 10.9. The molecule has 0 saturated carbocycles. The van der Waals surface area contributed by atoms with Gasteiger partial charge >= 0.3 is 0 Å². The fraction of sp³-hybridized carbons (Fsp3) is 0.429. The first kappa shape index (κ1) is 19.9. The number of carbonyl (C=O) groups is 2. The lowest BCUT2D eigenvalue weighted by molar-refractivity contribution is -0.118. The predicted molar refractivity (Wildman–Crippen MR) is 109 cm³/mol. The Bertz CT molecular complexity index is 894. The molecule has 0 fully saturated rings. The molecule has 0 bridgehead atoms. The van der Waals surface area contributed by atoms with Gasteiger partial charge in [-0.1, -0.05) is 32.4 Å². The van der Waals surface area contributed by atoms with E-state index in [4.69, 9.17) is 11.6 Å². The first-order valence-electron chi connectivity index (χ1n) is 8.88. The molecule has 1 heterocycles. The van der Waals surface area contributed by atoms with E-state index in [-0.39, 0.29) is 28.7 Å². The van der Waals surface area contributed by atoms with Gasteiger partial charge in [0.15, 0.2) is 11.6 Å². The van der Waals surface area contributed by atoms with Crippen LogP contribution in [-0.2, 0) is 4.79 Å². The van der Waals surface area contributed by atoms with Gasteiger partial charge < -0.3 is 0 Å². The topological polar surface area (TPSA) is 70.3 Å². The summed E-state index contributed by atoms with van der Waals surface area (Å²) in [7, 11) is 0. The predicted octanol–water partition coefficient (Wildman–Crippen LogP) is 5.09. The van der Waals surface area contributed by atoms with Crippen LogP contribution in [0.25, 0.3) is 0 Å². The van der Waals surface area contributed by atoms with Crippen molar-refractivity contribution in [2.24, 2.45) is 22.2 Å². The number of ketones is 2. The van der Waals surface area contributed by atoms with Gasteiger partial charge in [-0.2, -0.15) is 5.26 Å². The summed E-state index contributed by atoms with van der Waals surface area (Å²) in [6, 6.07) is 9.04. The summed E-state index contributed by atoms with van der Waals surface area (Å²) in [5.41, 5.74) is 1.94. The van der Waals surface area contributed by atoms with Gasteiger partial charge in [0.1, 0.15) is 5.92 Å². The largest absolute Gasteiger partial charge is 0.294 e. The van der Waals surface area contributed by atoms with Gasteiger partial charge in [-0.15, -0.1) is 11.8 Å². The molecule has 27 heavy (non-hydrogen) atoms. The second-order valence-corrected chi connectivity index (χ2v) is 9.30. The summed E-state index contributed by atoms with van der Waals surface area (Å²) < 4.78 is 0. The van der Waals surface area contributed by atoms with Crippen molar-refractivity contribution in [2.45, 2.75) is 33.6 Å². The van der Waals surface area contributed by atoms with Crippen molar-refractivity contribution >= 4 is 40.0 Å². The van der Waals surface area contributed by atoms with Crippen molar-refractivity contribution < 1.29 is 9.59 Å². The maximum atomic E-state index is 12.6. The third-order valence-electron chi connectivity index (χ3n) is 5.02. The third-order valence-corrected chi connectivity index (χ3v) is 6.32. The Hall–Kier alpha value is -1.90. The Morgan fingerprint density at radius 3 is 2.63 bits per heavy atom. The normalized spacial score (nSPS) is 24.1. The summed E-state index contributed by atoms with van der Waals surface area (Å²) in [6.45, 7) is 6.03. The molecule has 0 amide bonds. The van der Waals surface area contributed by atoms with Crippen molar-refractivity contribution in [3.05, 3.63) is 46.1 Å². The molecule has 0 radical (unpaired) electrons. The molecule has 1 unspecified atom stereocenters. The minimum Gasteiger partial charge on any atom is -0.294 e. The number of Topliss-reactive ketones (excluding diaryl/α,β-unsaturated/α-hetero) is 2. The molecule has 1 aliphatic heterocycles. The van der Waals surface area contributed by atoms with Crippen LogP contribution in [0.5, 0.6) is 0 Å². The number of hydrogen-bond acceptors (Lipinski definition) is 5. The first-order chi connectivity index (χ1) is 12.7. The molecule has 1 aromatic rings. The van der Waals surface area contributed by atoms with E-state index in [9.17, 15) is 14.9 Å². The van der Waals surface area contributed by atoms with Crippen LogP contribution in [0.15, 0.2) is 40.5 Å². The van der Waals surface area contributed by atoms with E-state index in [1.165, 1.54) is 11.8 Å². The SMILES string of the molecule is C[C@@H]1C2=C(CC(C)(C)CC2=O)N=C(SCC(=O)c2ccc(Cl)cc2)C1C#N. The van der Waals surface area contributed by atoms with Gasteiger partial charge in [-0.05, 0) is 36.1 Å². The van der Waals surface area contributed by atoms with E-state index in [1.807, 2.05) is 6.92 Å². The number of allylic oxidation sites excluding steroid dienone is 2. The van der Waals surface area contributed by atoms with E-state index in [2.05, 4.69) is 24.9 Å². The highest BCUT2D eigenvalue weighted by Crippen LogP contribution is 2.44. The maximum absolute atomic E-state index is 12.6. The smallest absolute Gasteiger partial charge is 0.173 e. The Kier molecular flexibility index (Phi) is 5.60. The number of benzene rings is 1. The highest BCUT2D eigenvalue weighted by molar-refractivity contribution is 8.14. The van der Waals surface area contributed by atoms with Gasteiger partial charge in [-0.25, -0.2) is 4.99 Å². The summed E-state index contributed by atoms with van der Waals surface area (Å²) in [5.74, 6) is -0.426. The maximum Gasteiger partial charge on any atom is 0.173 e. The van der Waals surface area contributed by atoms with Crippen LogP contribution in [-0.4, -0.2) is 22.4 Å². The Morgan fingerprint density at radius 1 is 1.33 bits per heavy atom. The molecule has 4 nitrogen and oxygen atoms in total. The van der Waals surface area contributed by atoms with Crippen LogP contribution < -0.4 is 0 Å². The Labute approximate surface area is 168 Å². The third kappa shape index (κ3) is 4.17. The lowest BCUT2D eigenvalue weighted by Gasteiger charge is -2.36. The molecular formula is C21H21ClN2O2S. The quantitative estimate of drug-likeness (QED) is 0.662. The van der Waals surface area contributed by atoms with E-state index in [0.29, 0.717) is 34.0 Å². The fourth-order valence-corrected chi connectivity index (χ4v) is 4.83. The molecule has 0 spiro atoms. The van der Waals surface area contributed by atoms with Gasteiger partial charge in [-0.3, -0.25) is 9.59 Å². The number of rotatable bonds is 3. The van der Waals surface area contributed by atoms with Crippen molar-refractivity contribution in [1.82, 2.24) is 0 Å². The average molecular weight is 401 g/mol. The van der Waals surface area contributed by atoms with Crippen LogP contribution >= 0.6 is 23.4 Å². The van der Waals surface area contributed by atoms with E-state index < -0.39 is 5.92 Å². The molecule has 0 aromatic heterocycles. The summed E-state index contributed by atoms with van der Waals surface area (Å²) in [6.07, 6.45) is 1.20. The minimum atomic E-state index is -0.489.